The van der Waals surface area contributed by atoms with E-state index in [1.807, 2.05) is 24.3 Å². The van der Waals surface area contributed by atoms with Crippen LogP contribution in [0, 0.1) is 0 Å². The maximum absolute atomic E-state index is 12.7. The van der Waals surface area contributed by atoms with Crippen molar-refractivity contribution >= 4 is 34.9 Å². The number of hydrogen-bond acceptors (Lipinski definition) is 4. The molecule has 0 aliphatic heterocycles. The van der Waals surface area contributed by atoms with E-state index in [0.29, 0.717) is 33.9 Å². The van der Waals surface area contributed by atoms with Crippen LogP contribution in [0.2, 0.25) is 10.0 Å². The van der Waals surface area contributed by atoms with Crippen molar-refractivity contribution in [2.45, 2.75) is 13.3 Å². The van der Waals surface area contributed by atoms with Crippen LogP contribution in [0.1, 0.15) is 16.1 Å². The van der Waals surface area contributed by atoms with Gasteiger partial charge >= 0.3 is 0 Å². The van der Waals surface area contributed by atoms with Gasteiger partial charge in [0.25, 0.3) is 5.91 Å². The molecule has 1 amide bonds. The zero-order valence-corrected chi connectivity index (χ0v) is 17.2. The lowest BCUT2D eigenvalue weighted by Gasteiger charge is -2.09. The number of hydrogen-bond donors (Lipinski definition) is 1. The number of halogens is 2. The average molecular weight is 442 g/mol. The molecule has 0 spiro atoms. The van der Waals surface area contributed by atoms with E-state index < -0.39 is 0 Å². The summed E-state index contributed by atoms with van der Waals surface area (Å²) in [6, 6.07) is 17.8. The van der Waals surface area contributed by atoms with Crippen LogP contribution < -0.4 is 10.1 Å². The molecule has 0 radical (unpaired) electrons. The molecule has 152 valence electrons. The predicted molar refractivity (Wildman–Crippen MR) is 115 cm³/mol. The number of benzene rings is 2. The maximum atomic E-state index is 12.7. The van der Waals surface area contributed by atoms with E-state index in [9.17, 15) is 4.79 Å². The Kier molecular flexibility index (Phi) is 6.02. The van der Waals surface area contributed by atoms with Crippen molar-refractivity contribution < 1.29 is 9.53 Å². The highest BCUT2D eigenvalue weighted by Crippen LogP contribution is 2.18. The second-order valence-corrected chi connectivity index (χ2v) is 7.23. The first-order valence-electron chi connectivity index (χ1n) is 9.07. The second kappa shape index (κ2) is 9.02. The summed E-state index contributed by atoms with van der Waals surface area (Å²) in [4.78, 5) is 12.7. The van der Waals surface area contributed by atoms with Gasteiger partial charge in [0.2, 0.25) is 0 Å². The van der Waals surface area contributed by atoms with Gasteiger partial charge in [0.15, 0.2) is 12.5 Å². The van der Waals surface area contributed by atoms with Crippen LogP contribution in [0.25, 0.3) is 0 Å². The SMILES string of the molecule is O=C(Nc1ccn(Cc2ccccc2Cl)n1)c1ccnn1COc1ccc(Cl)cc1. The first kappa shape index (κ1) is 20.0. The summed E-state index contributed by atoms with van der Waals surface area (Å²) in [5, 5.41) is 12.6. The monoisotopic (exact) mass is 441 g/mol. The quantitative estimate of drug-likeness (QED) is 0.450. The molecule has 1 N–H and O–H groups in total. The van der Waals surface area contributed by atoms with Gasteiger partial charge in [0.05, 0.1) is 6.54 Å². The van der Waals surface area contributed by atoms with Crippen molar-refractivity contribution in [1.82, 2.24) is 19.6 Å². The van der Waals surface area contributed by atoms with Gasteiger partial charge in [-0.15, -0.1) is 0 Å². The number of ether oxygens (including phenoxy) is 1. The van der Waals surface area contributed by atoms with Gasteiger partial charge in [0.1, 0.15) is 11.4 Å². The minimum absolute atomic E-state index is 0.0817. The lowest BCUT2D eigenvalue weighted by molar-refractivity contribution is 0.100. The molecule has 2 aromatic heterocycles. The van der Waals surface area contributed by atoms with E-state index in [-0.39, 0.29) is 12.6 Å². The molecule has 0 aliphatic rings. The molecule has 0 aliphatic carbocycles. The van der Waals surface area contributed by atoms with Crippen molar-refractivity contribution in [1.29, 1.82) is 0 Å². The van der Waals surface area contributed by atoms with Crippen molar-refractivity contribution in [3.8, 4) is 5.75 Å². The normalized spacial score (nSPS) is 10.7. The van der Waals surface area contributed by atoms with Crippen molar-refractivity contribution in [2.75, 3.05) is 5.32 Å². The molecule has 2 aromatic carbocycles. The number of aromatic nitrogens is 4. The molecule has 0 atom stereocenters. The van der Waals surface area contributed by atoms with E-state index in [2.05, 4.69) is 15.5 Å². The van der Waals surface area contributed by atoms with E-state index in [1.165, 1.54) is 10.9 Å². The van der Waals surface area contributed by atoms with Gasteiger partial charge < -0.3 is 10.1 Å². The van der Waals surface area contributed by atoms with E-state index in [4.69, 9.17) is 27.9 Å². The van der Waals surface area contributed by atoms with Crippen molar-refractivity contribution in [2.24, 2.45) is 0 Å². The molecule has 4 rings (SSSR count). The summed E-state index contributed by atoms with van der Waals surface area (Å²) in [6.07, 6.45) is 3.32. The largest absolute Gasteiger partial charge is 0.471 e. The minimum atomic E-state index is -0.338. The predicted octanol–water partition coefficient (Wildman–Crippen LogP) is 4.72. The molecule has 0 bridgehead atoms. The highest BCUT2D eigenvalue weighted by Gasteiger charge is 2.14. The summed E-state index contributed by atoms with van der Waals surface area (Å²) in [7, 11) is 0. The van der Waals surface area contributed by atoms with E-state index >= 15 is 0 Å². The van der Waals surface area contributed by atoms with Crippen LogP contribution in [0.4, 0.5) is 5.82 Å². The summed E-state index contributed by atoms with van der Waals surface area (Å²) in [6.45, 7) is 0.584. The third-order valence-corrected chi connectivity index (χ3v) is 4.91. The van der Waals surface area contributed by atoms with Crippen molar-refractivity contribution in [3.63, 3.8) is 0 Å². The Bertz CT molecular complexity index is 1150. The van der Waals surface area contributed by atoms with Crippen LogP contribution in [0.15, 0.2) is 73.1 Å². The molecule has 0 saturated carbocycles. The highest BCUT2D eigenvalue weighted by molar-refractivity contribution is 6.31. The van der Waals surface area contributed by atoms with E-state index in [0.717, 1.165) is 5.56 Å². The Morgan fingerprint density at radius 3 is 2.63 bits per heavy atom. The number of anilines is 1. The molecule has 0 saturated heterocycles. The summed E-state index contributed by atoms with van der Waals surface area (Å²) in [5.41, 5.74) is 1.29. The minimum Gasteiger partial charge on any atom is -0.471 e. The van der Waals surface area contributed by atoms with Crippen LogP contribution in [0.5, 0.6) is 5.75 Å². The summed E-state index contributed by atoms with van der Waals surface area (Å²) in [5.74, 6) is 0.716. The number of nitrogens with zero attached hydrogens (tertiary/aromatic N) is 4. The van der Waals surface area contributed by atoms with Crippen molar-refractivity contribution in [3.05, 3.63) is 94.4 Å². The summed E-state index contributed by atoms with van der Waals surface area (Å²) >= 11 is 12.1. The first-order valence-corrected chi connectivity index (χ1v) is 9.82. The van der Waals surface area contributed by atoms with E-state index in [1.54, 1.807) is 47.3 Å². The number of amides is 1. The lowest BCUT2D eigenvalue weighted by Crippen LogP contribution is -2.20. The van der Waals surface area contributed by atoms with Crippen LogP contribution >= 0.6 is 23.2 Å². The third kappa shape index (κ3) is 4.82. The second-order valence-electron chi connectivity index (χ2n) is 6.39. The molecular formula is C21H17Cl2N5O2. The van der Waals surface area contributed by atoms with Gasteiger partial charge in [-0.3, -0.25) is 9.48 Å². The molecule has 0 unspecified atom stereocenters. The van der Waals surface area contributed by atoms with Gasteiger partial charge in [-0.1, -0.05) is 41.4 Å². The Balaban J connectivity index is 1.39. The average Bonchev–Trinajstić information content (AvgIpc) is 3.39. The molecular weight excluding hydrogens is 425 g/mol. The molecule has 0 fully saturated rings. The molecule has 7 nitrogen and oxygen atoms in total. The number of rotatable bonds is 7. The Morgan fingerprint density at radius 2 is 1.83 bits per heavy atom. The molecule has 9 heteroatoms. The Morgan fingerprint density at radius 1 is 1.03 bits per heavy atom. The fourth-order valence-corrected chi connectivity index (χ4v) is 3.11. The smallest absolute Gasteiger partial charge is 0.275 e. The van der Waals surface area contributed by atoms with Crippen LogP contribution in [0.3, 0.4) is 0 Å². The molecule has 2 heterocycles. The van der Waals surface area contributed by atoms with Gasteiger partial charge in [-0.2, -0.15) is 10.2 Å². The molecule has 4 aromatic rings. The Hall–Kier alpha value is -3.29. The fraction of sp³-hybridized carbons (Fsp3) is 0.0952. The lowest BCUT2D eigenvalue weighted by atomic mass is 10.2. The molecule has 30 heavy (non-hydrogen) atoms. The summed E-state index contributed by atoms with van der Waals surface area (Å²) < 4.78 is 8.83. The highest BCUT2D eigenvalue weighted by atomic mass is 35.5. The third-order valence-electron chi connectivity index (χ3n) is 4.29. The zero-order chi connectivity index (χ0) is 20.9. The van der Waals surface area contributed by atoms with Gasteiger partial charge in [-0.05, 0) is 42.0 Å². The van der Waals surface area contributed by atoms with Gasteiger partial charge in [0, 0.05) is 28.5 Å². The standard InChI is InChI=1S/C21H17Cl2N5O2/c22-16-5-7-17(8-6-16)30-14-28-19(9-11-24-28)21(29)25-20-10-12-27(26-20)13-15-3-1-2-4-18(15)23/h1-12H,13-14H2,(H,25,26,29). The van der Waals surface area contributed by atoms with Gasteiger partial charge in [-0.25, -0.2) is 4.68 Å². The zero-order valence-electron chi connectivity index (χ0n) is 15.7. The maximum Gasteiger partial charge on any atom is 0.275 e. The first-order chi connectivity index (χ1) is 14.6. The topological polar surface area (TPSA) is 74.0 Å². The fourth-order valence-electron chi connectivity index (χ4n) is 2.79. The number of nitrogens with one attached hydrogen (secondary N) is 1. The Labute approximate surface area is 182 Å². The number of carbonyl (C=O) groups is 1. The van der Waals surface area contributed by atoms with Crippen LogP contribution in [-0.2, 0) is 13.3 Å². The number of carbonyl (C=O) groups excluding carboxylic acids is 1. The van der Waals surface area contributed by atoms with Crippen LogP contribution in [-0.4, -0.2) is 25.5 Å².